The van der Waals surface area contributed by atoms with E-state index in [0.29, 0.717) is 23.6 Å². The second-order valence-electron chi connectivity index (χ2n) is 8.37. The number of aryl methyl sites for hydroxylation is 1. The van der Waals surface area contributed by atoms with Gasteiger partial charge in [0.2, 0.25) is 17.7 Å². The van der Waals surface area contributed by atoms with Gasteiger partial charge in [-0.05, 0) is 44.5 Å². The second-order valence-corrected chi connectivity index (χ2v) is 8.37. The molecule has 3 heterocycles. The zero-order valence-corrected chi connectivity index (χ0v) is 18.3. The largest absolute Gasteiger partial charge is 0.322 e. The van der Waals surface area contributed by atoms with Crippen molar-refractivity contribution in [1.29, 1.82) is 0 Å². The number of halogens is 1. The fourth-order valence-corrected chi connectivity index (χ4v) is 4.34. The van der Waals surface area contributed by atoms with Crippen LogP contribution in [-0.4, -0.2) is 40.1 Å². The van der Waals surface area contributed by atoms with Crippen LogP contribution in [0.15, 0.2) is 30.3 Å². The molecule has 4 rings (SSSR count). The van der Waals surface area contributed by atoms with Crippen LogP contribution in [0.4, 0.5) is 15.9 Å². The van der Waals surface area contributed by atoms with Crippen molar-refractivity contribution in [3.8, 4) is 0 Å². The van der Waals surface area contributed by atoms with Gasteiger partial charge < -0.3 is 15.5 Å². The maximum Gasteiger partial charge on any atom is 0.230 e. The minimum Gasteiger partial charge on any atom is -0.322 e. The average molecular weight is 442 g/mol. The van der Waals surface area contributed by atoms with E-state index >= 15 is 0 Å². The van der Waals surface area contributed by atoms with Gasteiger partial charge in [-0.25, -0.2) is 9.07 Å². The summed E-state index contributed by atoms with van der Waals surface area (Å²) >= 11 is 0. The molecule has 4 atom stereocenters. The quantitative estimate of drug-likeness (QED) is 0.656. The first-order valence-electron chi connectivity index (χ1n) is 10.8. The van der Waals surface area contributed by atoms with Crippen LogP contribution < -0.4 is 20.9 Å². The lowest BCUT2D eigenvalue weighted by Gasteiger charge is -2.35. The normalized spacial score (nSPS) is 25.7. The SMILES string of the molecule is CCC1C(=O)NC(n2nc(C)cc2NC(=O)C2CC(=O)N(c3ccc(F)cc3)C2)NC1C. The van der Waals surface area contributed by atoms with Gasteiger partial charge >= 0.3 is 0 Å². The summed E-state index contributed by atoms with van der Waals surface area (Å²) in [6.45, 7) is 5.91. The lowest BCUT2D eigenvalue weighted by Crippen LogP contribution is -2.57. The Morgan fingerprint density at radius 2 is 2.00 bits per heavy atom. The summed E-state index contributed by atoms with van der Waals surface area (Å²) in [6, 6.07) is 7.28. The maximum absolute atomic E-state index is 13.2. The number of nitrogens with zero attached hydrogens (tertiary/aromatic N) is 3. The molecule has 0 bridgehead atoms. The number of amides is 3. The van der Waals surface area contributed by atoms with Gasteiger partial charge in [0.25, 0.3) is 0 Å². The van der Waals surface area contributed by atoms with Crippen LogP contribution in [0, 0.1) is 24.6 Å². The number of benzene rings is 1. The highest BCUT2D eigenvalue weighted by Gasteiger charge is 2.37. The fourth-order valence-electron chi connectivity index (χ4n) is 4.34. The van der Waals surface area contributed by atoms with E-state index in [9.17, 15) is 18.8 Å². The molecular formula is C22H27FN6O3. The third-order valence-corrected chi connectivity index (χ3v) is 6.07. The summed E-state index contributed by atoms with van der Waals surface area (Å²) < 4.78 is 14.7. The Labute approximate surface area is 185 Å². The Balaban J connectivity index is 1.47. The number of carbonyl (C=O) groups is 3. The molecule has 170 valence electrons. The standard InChI is InChI=1S/C22H27FN6O3/c1-4-17-13(3)24-22(26-21(17)32)29-18(9-12(2)27-29)25-20(31)14-10-19(30)28(11-14)16-7-5-15(23)6-8-16/h5-9,13-14,17,22,24H,4,10-11H2,1-3H3,(H,25,31)(H,26,32). The molecule has 1 aromatic heterocycles. The number of anilines is 2. The summed E-state index contributed by atoms with van der Waals surface area (Å²) in [5.74, 6) is -1.23. The topological polar surface area (TPSA) is 108 Å². The number of aromatic nitrogens is 2. The number of hydrogen-bond acceptors (Lipinski definition) is 5. The molecule has 2 aliphatic rings. The smallest absolute Gasteiger partial charge is 0.230 e. The van der Waals surface area contributed by atoms with Gasteiger partial charge in [0.05, 0.1) is 17.5 Å². The summed E-state index contributed by atoms with van der Waals surface area (Å²) in [7, 11) is 0. The highest BCUT2D eigenvalue weighted by molar-refractivity contribution is 6.03. The van der Waals surface area contributed by atoms with E-state index in [2.05, 4.69) is 21.0 Å². The molecule has 32 heavy (non-hydrogen) atoms. The number of hydrogen-bond donors (Lipinski definition) is 3. The molecule has 0 spiro atoms. The Hall–Kier alpha value is -3.27. The van der Waals surface area contributed by atoms with Crippen molar-refractivity contribution < 1.29 is 18.8 Å². The molecule has 2 aliphatic heterocycles. The average Bonchev–Trinajstić information content (AvgIpc) is 3.31. The molecule has 2 aromatic rings. The lowest BCUT2D eigenvalue weighted by molar-refractivity contribution is -0.130. The molecule has 3 N–H and O–H groups in total. The minimum atomic E-state index is -0.592. The molecule has 3 amide bonds. The Bertz CT molecular complexity index is 1040. The van der Waals surface area contributed by atoms with Crippen LogP contribution in [0.25, 0.3) is 0 Å². The summed E-state index contributed by atoms with van der Waals surface area (Å²) in [6.07, 6.45) is 0.184. The molecule has 0 saturated carbocycles. The first kappa shape index (κ1) is 21.9. The number of carbonyl (C=O) groups excluding carboxylic acids is 3. The molecule has 9 nitrogen and oxygen atoms in total. The highest BCUT2D eigenvalue weighted by Crippen LogP contribution is 2.27. The van der Waals surface area contributed by atoms with Crippen LogP contribution in [0.5, 0.6) is 0 Å². The third-order valence-electron chi connectivity index (χ3n) is 6.07. The minimum absolute atomic E-state index is 0.0523. The van der Waals surface area contributed by atoms with Crippen molar-refractivity contribution in [2.75, 3.05) is 16.8 Å². The van der Waals surface area contributed by atoms with Crippen molar-refractivity contribution in [3.63, 3.8) is 0 Å². The van der Waals surface area contributed by atoms with Crippen LogP contribution in [0.3, 0.4) is 0 Å². The van der Waals surface area contributed by atoms with E-state index < -0.39 is 12.2 Å². The van der Waals surface area contributed by atoms with E-state index in [1.165, 1.54) is 29.2 Å². The zero-order chi connectivity index (χ0) is 23.0. The van der Waals surface area contributed by atoms with Crippen LogP contribution >= 0.6 is 0 Å². The predicted molar refractivity (Wildman–Crippen MR) is 116 cm³/mol. The highest BCUT2D eigenvalue weighted by atomic mass is 19.1. The molecular weight excluding hydrogens is 415 g/mol. The maximum atomic E-state index is 13.2. The first-order valence-corrected chi connectivity index (χ1v) is 10.8. The molecule has 2 fully saturated rings. The van der Waals surface area contributed by atoms with Gasteiger partial charge in [0.15, 0.2) is 6.29 Å². The van der Waals surface area contributed by atoms with E-state index in [1.807, 2.05) is 13.8 Å². The molecule has 10 heteroatoms. The molecule has 1 aromatic carbocycles. The Morgan fingerprint density at radius 1 is 1.28 bits per heavy atom. The van der Waals surface area contributed by atoms with Gasteiger partial charge in [0.1, 0.15) is 11.6 Å². The molecule has 2 saturated heterocycles. The van der Waals surface area contributed by atoms with E-state index in [-0.39, 0.29) is 48.5 Å². The van der Waals surface area contributed by atoms with Crippen molar-refractivity contribution in [2.45, 2.75) is 45.9 Å². The van der Waals surface area contributed by atoms with Gasteiger partial charge in [-0.1, -0.05) is 6.92 Å². The first-order chi connectivity index (χ1) is 15.3. The van der Waals surface area contributed by atoms with E-state index in [1.54, 1.807) is 17.7 Å². The molecule has 0 radical (unpaired) electrons. The van der Waals surface area contributed by atoms with Crippen molar-refractivity contribution >= 4 is 29.2 Å². The van der Waals surface area contributed by atoms with Crippen LogP contribution in [0.2, 0.25) is 0 Å². The molecule has 4 unspecified atom stereocenters. The molecule has 0 aliphatic carbocycles. The lowest BCUT2D eigenvalue weighted by atomic mass is 9.95. The van der Waals surface area contributed by atoms with Gasteiger partial charge in [0, 0.05) is 30.8 Å². The van der Waals surface area contributed by atoms with Gasteiger partial charge in [-0.3, -0.25) is 19.7 Å². The third kappa shape index (κ3) is 4.22. The van der Waals surface area contributed by atoms with Crippen LogP contribution in [-0.2, 0) is 14.4 Å². The van der Waals surface area contributed by atoms with E-state index in [0.717, 1.165) is 0 Å². The fraction of sp³-hybridized carbons (Fsp3) is 0.455. The van der Waals surface area contributed by atoms with Crippen molar-refractivity contribution in [1.82, 2.24) is 20.4 Å². The summed E-state index contributed by atoms with van der Waals surface area (Å²) in [5, 5.41) is 13.5. The van der Waals surface area contributed by atoms with Gasteiger partial charge in [-0.15, -0.1) is 0 Å². The van der Waals surface area contributed by atoms with Gasteiger partial charge in [-0.2, -0.15) is 5.10 Å². The Morgan fingerprint density at radius 3 is 2.66 bits per heavy atom. The zero-order valence-electron chi connectivity index (χ0n) is 18.3. The Kier molecular flexibility index (Phi) is 5.96. The van der Waals surface area contributed by atoms with Crippen LogP contribution in [0.1, 0.15) is 38.7 Å². The number of rotatable bonds is 5. The summed E-state index contributed by atoms with van der Waals surface area (Å²) in [5.41, 5.74) is 1.23. The number of nitrogens with one attached hydrogen (secondary N) is 3. The van der Waals surface area contributed by atoms with E-state index in [4.69, 9.17) is 0 Å². The van der Waals surface area contributed by atoms with Crippen molar-refractivity contribution in [2.24, 2.45) is 11.8 Å². The van der Waals surface area contributed by atoms with Crippen molar-refractivity contribution in [3.05, 3.63) is 41.8 Å². The monoisotopic (exact) mass is 442 g/mol. The predicted octanol–water partition coefficient (Wildman–Crippen LogP) is 1.91. The summed E-state index contributed by atoms with van der Waals surface area (Å²) in [4.78, 5) is 39.4. The second kappa shape index (κ2) is 8.70.